The highest BCUT2D eigenvalue weighted by Crippen LogP contribution is 2.35. The van der Waals surface area contributed by atoms with E-state index in [9.17, 15) is 38.7 Å². The second-order valence-electron chi connectivity index (χ2n) is 11.0. The number of amides is 6. The number of aliphatic carboxylic acids is 1. The Labute approximate surface area is 248 Å². The molecule has 0 aromatic rings. The summed E-state index contributed by atoms with van der Waals surface area (Å²) in [6.45, 7) is 1.50. The largest absolute Gasteiger partial charge is 0.481 e. The number of carboxylic acids is 1. The summed E-state index contributed by atoms with van der Waals surface area (Å²) in [7, 11) is 0. The van der Waals surface area contributed by atoms with Gasteiger partial charge in [-0.3, -0.25) is 38.6 Å². The Kier molecular flexibility index (Phi) is 11.7. The van der Waals surface area contributed by atoms with Gasteiger partial charge in [-0.1, -0.05) is 6.92 Å². The minimum absolute atomic E-state index is 0.0724. The number of nitrogens with one attached hydrogen (secondary N) is 5. The molecule has 0 aromatic carbocycles. The molecule has 3 fully saturated rings. The van der Waals surface area contributed by atoms with Crippen LogP contribution in [0, 0.1) is 5.92 Å². The monoisotopic (exact) mass is 607 g/mol. The highest BCUT2D eigenvalue weighted by atomic mass is 16.4. The number of rotatable bonds is 10. The van der Waals surface area contributed by atoms with E-state index in [0.717, 1.165) is 0 Å². The highest BCUT2D eigenvalue weighted by Gasteiger charge is 2.50. The van der Waals surface area contributed by atoms with Crippen LogP contribution in [0.25, 0.3) is 0 Å². The molecule has 3 heterocycles. The first-order valence-electron chi connectivity index (χ1n) is 14.4. The maximum absolute atomic E-state index is 13.9. The minimum atomic E-state index is -1.56. The number of nitrogens with zero attached hydrogens (tertiary/aromatic N) is 2. The third kappa shape index (κ3) is 9.02. The molecular formula is C26H41N9O8. The highest BCUT2D eigenvalue weighted by molar-refractivity contribution is 5.98. The van der Waals surface area contributed by atoms with Gasteiger partial charge < -0.3 is 48.1 Å². The van der Waals surface area contributed by atoms with Crippen molar-refractivity contribution in [1.29, 1.82) is 0 Å². The fraction of sp³-hybridized carbons (Fsp3) is 0.692. The minimum Gasteiger partial charge on any atom is -0.481 e. The zero-order valence-corrected chi connectivity index (χ0v) is 24.1. The third-order valence-corrected chi connectivity index (χ3v) is 7.74. The fourth-order valence-corrected chi connectivity index (χ4v) is 5.71. The molecule has 10 N–H and O–H groups in total. The SMILES string of the molecule is CCCC(=O)NC[C@@H]1C[C@@H]2CC[C@H]3C(=O)N[C@@H](CCCN=C(N)N)C(=O)NCC(=O)N[C@@H](CC(=O)O)C(=O)N[C@H]1C(=O)N23. The number of carbonyl (C=O) groups is 7. The van der Waals surface area contributed by atoms with Gasteiger partial charge in [-0.05, 0) is 38.5 Å². The van der Waals surface area contributed by atoms with E-state index < -0.39 is 78.6 Å². The molecule has 2 bridgehead atoms. The van der Waals surface area contributed by atoms with E-state index in [0.29, 0.717) is 32.1 Å². The molecule has 0 radical (unpaired) electrons. The van der Waals surface area contributed by atoms with Crippen molar-refractivity contribution in [2.45, 2.75) is 88.5 Å². The molecule has 238 valence electrons. The quantitative estimate of drug-likeness (QED) is 0.0686. The van der Waals surface area contributed by atoms with Crippen LogP contribution in [-0.4, -0.2) is 107 Å². The summed E-state index contributed by atoms with van der Waals surface area (Å²) in [5, 5.41) is 22.1. The van der Waals surface area contributed by atoms with Crippen LogP contribution in [0.4, 0.5) is 0 Å². The van der Waals surface area contributed by atoms with Gasteiger partial charge in [0.2, 0.25) is 35.4 Å². The van der Waals surface area contributed by atoms with Crippen molar-refractivity contribution in [2.24, 2.45) is 22.4 Å². The lowest BCUT2D eigenvalue weighted by Crippen LogP contribution is -2.65. The van der Waals surface area contributed by atoms with Crippen LogP contribution < -0.4 is 38.1 Å². The van der Waals surface area contributed by atoms with Gasteiger partial charge >= 0.3 is 5.97 Å². The molecule has 3 saturated heterocycles. The number of nitrogens with two attached hydrogens (primary N) is 2. The van der Waals surface area contributed by atoms with Crippen LogP contribution in [0.15, 0.2) is 4.99 Å². The first-order chi connectivity index (χ1) is 20.4. The number of carboxylic acid groups (broad SMARTS) is 1. The summed E-state index contributed by atoms with van der Waals surface area (Å²) in [5.74, 6) is -5.89. The van der Waals surface area contributed by atoms with Crippen LogP contribution in [0.2, 0.25) is 0 Å². The van der Waals surface area contributed by atoms with E-state index in [4.69, 9.17) is 11.5 Å². The molecule has 0 unspecified atom stereocenters. The van der Waals surface area contributed by atoms with Gasteiger partial charge in [0.05, 0.1) is 13.0 Å². The molecule has 0 aromatic heterocycles. The molecule has 0 saturated carbocycles. The predicted molar refractivity (Wildman–Crippen MR) is 151 cm³/mol. The van der Waals surface area contributed by atoms with E-state index in [-0.39, 0.29) is 43.8 Å². The van der Waals surface area contributed by atoms with Crippen LogP contribution in [0.3, 0.4) is 0 Å². The van der Waals surface area contributed by atoms with E-state index >= 15 is 0 Å². The first kappa shape index (κ1) is 33.1. The average molecular weight is 608 g/mol. The number of guanidine groups is 1. The fourth-order valence-electron chi connectivity index (χ4n) is 5.71. The molecular weight excluding hydrogens is 566 g/mol. The number of hydrogen-bond acceptors (Lipinski definition) is 8. The summed E-state index contributed by atoms with van der Waals surface area (Å²) >= 11 is 0. The smallest absolute Gasteiger partial charge is 0.305 e. The number of carbonyl (C=O) groups excluding carboxylic acids is 6. The Morgan fingerprint density at radius 2 is 1.77 bits per heavy atom. The molecule has 17 heteroatoms. The van der Waals surface area contributed by atoms with Crippen LogP contribution in [0.5, 0.6) is 0 Å². The summed E-state index contributed by atoms with van der Waals surface area (Å²) in [5.41, 5.74) is 10.7. The van der Waals surface area contributed by atoms with Crippen LogP contribution in [-0.2, 0) is 33.6 Å². The number of aliphatic imine (C=N–C) groups is 1. The Bertz CT molecular complexity index is 1140. The lowest BCUT2D eigenvalue weighted by molar-refractivity contribution is -0.149. The van der Waals surface area contributed by atoms with Gasteiger partial charge in [-0.15, -0.1) is 0 Å². The lowest BCUT2D eigenvalue weighted by Gasteiger charge is -2.42. The molecule has 17 nitrogen and oxygen atoms in total. The number of hydrogen-bond donors (Lipinski definition) is 8. The summed E-state index contributed by atoms with van der Waals surface area (Å²) in [4.78, 5) is 95.3. The van der Waals surface area contributed by atoms with Crippen LogP contribution >= 0.6 is 0 Å². The predicted octanol–water partition coefficient (Wildman–Crippen LogP) is -3.61. The molecule has 43 heavy (non-hydrogen) atoms. The van der Waals surface area contributed by atoms with Crippen molar-refractivity contribution < 1.29 is 38.7 Å². The van der Waals surface area contributed by atoms with Gasteiger partial charge in [-0.2, -0.15) is 0 Å². The van der Waals surface area contributed by atoms with E-state index in [1.807, 2.05) is 6.92 Å². The summed E-state index contributed by atoms with van der Waals surface area (Å²) in [6, 6.07) is -5.14. The van der Waals surface area contributed by atoms with Crippen molar-refractivity contribution in [3.05, 3.63) is 0 Å². The molecule has 0 spiro atoms. The zero-order valence-electron chi connectivity index (χ0n) is 24.1. The van der Waals surface area contributed by atoms with Gasteiger partial charge in [0.25, 0.3) is 0 Å². The number of fused-ring (bicyclic) bond motifs is 1. The standard InChI is InChI=1S/C26H41N9O8/c1-2-4-18(36)30-11-13-9-14-6-7-17-24(42)33-15(5-3-8-29-26(27)28)22(40)31-12-19(37)32-16(10-20(38)39)23(41)34-21(13)25(43)35(14)17/h13-17,21H,2-12H2,1H3,(H,30,36)(H,31,40)(H,32,37)(H,33,42)(H,34,41)(H,38,39)(H4,27,28,29)/t13-,14-,15-,16-,17-,21+/m0/s1. The second-order valence-corrected chi connectivity index (χ2v) is 11.0. The van der Waals surface area contributed by atoms with Gasteiger partial charge in [0.15, 0.2) is 5.96 Å². The maximum Gasteiger partial charge on any atom is 0.305 e. The Hall–Kier alpha value is -4.44. The Balaban J connectivity index is 1.93. The van der Waals surface area contributed by atoms with Gasteiger partial charge in [-0.25, -0.2) is 0 Å². The lowest BCUT2D eigenvalue weighted by atomic mass is 9.85. The van der Waals surface area contributed by atoms with Crippen LogP contribution in [0.1, 0.15) is 58.3 Å². The van der Waals surface area contributed by atoms with E-state index in [1.165, 1.54) is 4.90 Å². The molecule has 0 aliphatic carbocycles. The Morgan fingerprint density at radius 3 is 2.44 bits per heavy atom. The molecule has 6 amide bonds. The van der Waals surface area contributed by atoms with Crippen molar-refractivity contribution >= 4 is 47.4 Å². The van der Waals surface area contributed by atoms with E-state index in [1.54, 1.807) is 0 Å². The zero-order chi connectivity index (χ0) is 31.7. The molecule has 6 atom stereocenters. The van der Waals surface area contributed by atoms with Crippen molar-refractivity contribution in [3.63, 3.8) is 0 Å². The van der Waals surface area contributed by atoms with Gasteiger partial charge in [0, 0.05) is 31.5 Å². The van der Waals surface area contributed by atoms with Gasteiger partial charge in [0.1, 0.15) is 24.2 Å². The molecule has 3 aliphatic rings. The third-order valence-electron chi connectivity index (χ3n) is 7.74. The van der Waals surface area contributed by atoms with Crippen molar-refractivity contribution in [2.75, 3.05) is 19.6 Å². The topological polar surface area (TPSA) is 268 Å². The van der Waals surface area contributed by atoms with Crippen molar-refractivity contribution in [3.8, 4) is 0 Å². The average Bonchev–Trinajstić information content (AvgIpc) is 3.37. The first-order valence-corrected chi connectivity index (χ1v) is 14.4. The summed E-state index contributed by atoms with van der Waals surface area (Å²) in [6.07, 6.45) is 1.69. The molecule has 3 rings (SSSR count). The second kappa shape index (κ2) is 15.2. The maximum atomic E-state index is 13.9. The van der Waals surface area contributed by atoms with Crippen molar-refractivity contribution in [1.82, 2.24) is 31.5 Å². The summed E-state index contributed by atoms with van der Waals surface area (Å²) < 4.78 is 0. The number of piperidine rings is 1. The normalized spacial score (nSPS) is 27.9. The molecule has 3 aliphatic heterocycles. The van der Waals surface area contributed by atoms with E-state index in [2.05, 4.69) is 31.6 Å². The Morgan fingerprint density at radius 1 is 1.02 bits per heavy atom.